The summed E-state index contributed by atoms with van der Waals surface area (Å²) in [6.07, 6.45) is 2.18. The largest absolute Gasteiger partial charge is 0.310 e. The van der Waals surface area contributed by atoms with E-state index in [0.29, 0.717) is 6.04 Å². The zero-order valence-electron chi connectivity index (χ0n) is 11.3. The summed E-state index contributed by atoms with van der Waals surface area (Å²) in [7, 11) is 0. The Bertz CT molecular complexity index is 478. The van der Waals surface area contributed by atoms with Crippen LogP contribution >= 0.6 is 0 Å². The third-order valence-corrected chi connectivity index (χ3v) is 3.28. The van der Waals surface area contributed by atoms with E-state index in [1.807, 2.05) is 18.2 Å². The van der Waals surface area contributed by atoms with Gasteiger partial charge in [0.15, 0.2) is 0 Å². The van der Waals surface area contributed by atoms with Crippen LogP contribution in [0.3, 0.4) is 0 Å². The minimum absolute atomic E-state index is 0.180. The van der Waals surface area contributed by atoms with Crippen molar-refractivity contribution in [3.63, 3.8) is 0 Å². The first-order valence-corrected chi connectivity index (χ1v) is 6.76. The van der Waals surface area contributed by atoms with E-state index in [2.05, 4.69) is 36.5 Å². The van der Waals surface area contributed by atoms with Crippen molar-refractivity contribution in [3.05, 3.63) is 71.5 Å². The van der Waals surface area contributed by atoms with E-state index in [9.17, 15) is 4.39 Å². The van der Waals surface area contributed by atoms with E-state index in [1.165, 1.54) is 17.7 Å². The summed E-state index contributed by atoms with van der Waals surface area (Å²) in [6.45, 7) is 2.97. The molecule has 1 atom stereocenters. The fourth-order valence-corrected chi connectivity index (χ4v) is 2.02. The van der Waals surface area contributed by atoms with Crippen LogP contribution in [0.2, 0.25) is 0 Å². The Morgan fingerprint density at radius 3 is 2.32 bits per heavy atom. The van der Waals surface area contributed by atoms with Gasteiger partial charge in [0.25, 0.3) is 0 Å². The number of benzene rings is 2. The second-order valence-electron chi connectivity index (χ2n) is 4.93. The highest BCUT2D eigenvalue weighted by Crippen LogP contribution is 2.06. The molecule has 0 radical (unpaired) electrons. The molecule has 0 aliphatic heterocycles. The van der Waals surface area contributed by atoms with Gasteiger partial charge in [-0.25, -0.2) is 4.39 Å². The van der Waals surface area contributed by atoms with Crippen LogP contribution in [0.25, 0.3) is 0 Å². The highest BCUT2D eigenvalue weighted by Gasteiger charge is 2.02. The lowest BCUT2D eigenvalue weighted by molar-refractivity contribution is 0.513. The lowest BCUT2D eigenvalue weighted by Gasteiger charge is -2.13. The van der Waals surface area contributed by atoms with E-state index >= 15 is 0 Å². The smallest absolute Gasteiger partial charge is 0.123 e. The predicted molar refractivity (Wildman–Crippen MR) is 77.5 cm³/mol. The minimum Gasteiger partial charge on any atom is -0.310 e. The number of rotatable bonds is 6. The van der Waals surface area contributed by atoms with Gasteiger partial charge >= 0.3 is 0 Å². The molecular weight excluding hydrogens is 237 g/mol. The Hall–Kier alpha value is -1.67. The van der Waals surface area contributed by atoms with Gasteiger partial charge in [-0.05, 0) is 43.0 Å². The first-order chi connectivity index (χ1) is 9.24. The monoisotopic (exact) mass is 257 g/mol. The molecule has 2 heteroatoms. The summed E-state index contributed by atoms with van der Waals surface area (Å²) >= 11 is 0. The van der Waals surface area contributed by atoms with Crippen molar-refractivity contribution in [2.24, 2.45) is 0 Å². The third-order valence-electron chi connectivity index (χ3n) is 3.28. The van der Waals surface area contributed by atoms with Crippen LogP contribution in [0.5, 0.6) is 0 Å². The van der Waals surface area contributed by atoms with Gasteiger partial charge in [0.2, 0.25) is 0 Å². The average Bonchev–Trinajstić information content (AvgIpc) is 2.45. The standard InChI is InChI=1S/C17H20FN/c1-14(7-8-15-5-3-2-4-6-15)19-13-16-9-11-17(18)12-10-16/h2-6,9-12,14,19H,7-8,13H2,1H3/t14-/m0/s1. The van der Waals surface area contributed by atoms with Gasteiger partial charge in [-0.1, -0.05) is 42.5 Å². The van der Waals surface area contributed by atoms with Gasteiger partial charge < -0.3 is 5.32 Å². The highest BCUT2D eigenvalue weighted by atomic mass is 19.1. The van der Waals surface area contributed by atoms with Crippen LogP contribution in [-0.2, 0) is 13.0 Å². The molecule has 0 fully saturated rings. The molecule has 0 spiro atoms. The molecule has 2 aromatic rings. The van der Waals surface area contributed by atoms with Crippen LogP contribution in [0.15, 0.2) is 54.6 Å². The fraction of sp³-hybridized carbons (Fsp3) is 0.294. The summed E-state index contributed by atoms with van der Waals surface area (Å²) in [5.41, 5.74) is 2.49. The molecule has 2 aromatic carbocycles. The lowest BCUT2D eigenvalue weighted by atomic mass is 10.1. The molecule has 0 unspecified atom stereocenters. The van der Waals surface area contributed by atoms with Gasteiger partial charge in [-0.15, -0.1) is 0 Å². The van der Waals surface area contributed by atoms with Crippen molar-refractivity contribution in [2.45, 2.75) is 32.4 Å². The molecule has 19 heavy (non-hydrogen) atoms. The predicted octanol–water partition coefficient (Wildman–Crippen LogP) is 3.94. The van der Waals surface area contributed by atoms with Crippen LogP contribution in [0.1, 0.15) is 24.5 Å². The molecule has 0 saturated heterocycles. The van der Waals surface area contributed by atoms with Crippen molar-refractivity contribution >= 4 is 0 Å². The Morgan fingerprint density at radius 1 is 0.947 bits per heavy atom. The fourth-order valence-electron chi connectivity index (χ4n) is 2.02. The van der Waals surface area contributed by atoms with E-state index in [4.69, 9.17) is 0 Å². The Labute approximate surface area is 114 Å². The summed E-state index contributed by atoms with van der Waals surface area (Å²) in [5, 5.41) is 3.47. The second kappa shape index (κ2) is 7.05. The minimum atomic E-state index is -0.180. The van der Waals surface area contributed by atoms with E-state index < -0.39 is 0 Å². The maximum absolute atomic E-state index is 12.8. The zero-order valence-corrected chi connectivity index (χ0v) is 11.3. The van der Waals surface area contributed by atoms with Crippen molar-refractivity contribution in [2.75, 3.05) is 0 Å². The number of hydrogen-bond acceptors (Lipinski definition) is 1. The number of nitrogens with one attached hydrogen (secondary N) is 1. The molecule has 2 rings (SSSR count). The first-order valence-electron chi connectivity index (χ1n) is 6.76. The molecular formula is C17H20FN. The van der Waals surface area contributed by atoms with Crippen LogP contribution in [0, 0.1) is 5.82 Å². The Morgan fingerprint density at radius 2 is 1.63 bits per heavy atom. The number of hydrogen-bond donors (Lipinski definition) is 1. The van der Waals surface area contributed by atoms with E-state index in [-0.39, 0.29) is 5.82 Å². The van der Waals surface area contributed by atoms with Gasteiger partial charge in [0.1, 0.15) is 5.82 Å². The van der Waals surface area contributed by atoms with Crippen LogP contribution in [-0.4, -0.2) is 6.04 Å². The summed E-state index contributed by atoms with van der Waals surface area (Å²) in [6, 6.07) is 17.6. The van der Waals surface area contributed by atoms with Gasteiger partial charge in [0.05, 0.1) is 0 Å². The van der Waals surface area contributed by atoms with E-state index in [1.54, 1.807) is 0 Å². The Balaban J connectivity index is 1.72. The van der Waals surface area contributed by atoms with Crippen molar-refractivity contribution in [3.8, 4) is 0 Å². The molecule has 0 amide bonds. The maximum Gasteiger partial charge on any atom is 0.123 e. The van der Waals surface area contributed by atoms with Crippen molar-refractivity contribution < 1.29 is 4.39 Å². The molecule has 1 N–H and O–H groups in total. The molecule has 0 aliphatic rings. The van der Waals surface area contributed by atoms with Gasteiger partial charge in [0, 0.05) is 12.6 Å². The average molecular weight is 257 g/mol. The van der Waals surface area contributed by atoms with Crippen LogP contribution in [0.4, 0.5) is 4.39 Å². The topological polar surface area (TPSA) is 12.0 Å². The van der Waals surface area contributed by atoms with Gasteiger partial charge in [-0.2, -0.15) is 0 Å². The third kappa shape index (κ3) is 4.84. The lowest BCUT2D eigenvalue weighted by Crippen LogP contribution is -2.25. The quantitative estimate of drug-likeness (QED) is 0.826. The SMILES string of the molecule is C[C@@H](CCc1ccccc1)NCc1ccc(F)cc1. The summed E-state index contributed by atoms with van der Waals surface area (Å²) < 4.78 is 12.8. The molecule has 100 valence electrons. The second-order valence-corrected chi connectivity index (χ2v) is 4.93. The van der Waals surface area contributed by atoms with Gasteiger partial charge in [-0.3, -0.25) is 0 Å². The molecule has 0 saturated carbocycles. The summed E-state index contributed by atoms with van der Waals surface area (Å²) in [4.78, 5) is 0. The zero-order chi connectivity index (χ0) is 13.5. The molecule has 1 nitrogen and oxygen atoms in total. The summed E-state index contributed by atoms with van der Waals surface area (Å²) in [5.74, 6) is -0.180. The highest BCUT2D eigenvalue weighted by molar-refractivity contribution is 5.16. The molecule has 0 heterocycles. The number of aryl methyl sites for hydroxylation is 1. The molecule has 0 bridgehead atoms. The van der Waals surface area contributed by atoms with E-state index in [0.717, 1.165) is 24.9 Å². The van der Waals surface area contributed by atoms with Crippen LogP contribution < -0.4 is 5.32 Å². The maximum atomic E-state index is 12.8. The molecule has 0 aliphatic carbocycles. The van der Waals surface area contributed by atoms with Crippen molar-refractivity contribution in [1.29, 1.82) is 0 Å². The Kier molecular flexibility index (Phi) is 5.10. The number of halogens is 1. The normalized spacial score (nSPS) is 12.3. The van der Waals surface area contributed by atoms with Crippen molar-refractivity contribution in [1.82, 2.24) is 5.32 Å². The first kappa shape index (κ1) is 13.8. The molecule has 0 aromatic heterocycles.